The molecule has 0 aliphatic carbocycles. The van der Waals surface area contributed by atoms with Crippen LogP contribution < -0.4 is 10.1 Å². The highest BCUT2D eigenvalue weighted by atomic mass is 32.2. The second-order valence-corrected chi connectivity index (χ2v) is 6.50. The molecule has 0 atom stereocenters. The number of nitrogens with one attached hydrogen (secondary N) is 2. The molecule has 1 heterocycles. The zero-order valence-corrected chi connectivity index (χ0v) is 16.0. The number of carbonyl (C=O) groups excluding carboxylic acids is 1. The molecule has 0 spiro atoms. The summed E-state index contributed by atoms with van der Waals surface area (Å²) in [5, 5.41) is 2.49. The van der Waals surface area contributed by atoms with E-state index in [1.807, 2.05) is 0 Å². The van der Waals surface area contributed by atoms with E-state index in [2.05, 4.69) is 31.7 Å². The van der Waals surface area contributed by atoms with E-state index in [1.165, 1.54) is 6.92 Å². The number of allylic oxidation sites excluding steroid dienone is 1. The number of H-pyrrole nitrogens is 1. The summed E-state index contributed by atoms with van der Waals surface area (Å²) in [5.41, 5.74) is -0.982. The number of thioether (sulfide) groups is 1. The molecular formula is C17H15F5N4O2S. The van der Waals surface area contributed by atoms with Crippen molar-refractivity contribution in [1.82, 2.24) is 9.97 Å². The summed E-state index contributed by atoms with van der Waals surface area (Å²) in [7, 11) is 1.11. The van der Waals surface area contributed by atoms with Gasteiger partial charge in [-0.3, -0.25) is 9.79 Å². The Morgan fingerprint density at radius 3 is 2.52 bits per heavy atom. The molecule has 0 aliphatic heterocycles. The number of anilines is 1. The Balaban J connectivity index is 2.05. The highest BCUT2D eigenvalue weighted by Gasteiger charge is 2.33. The van der Waals surface area contributed by atoms with Gasteiger partial charge in [0.25, 0.3) is 0 Å². The predicted octanol–water partition coefficient (Wildman–Crippen LogP) is 4.34. The summed E-state index contributed by atoms with van der Waals surface area (Å²) in [5.74, 6) is -3.35. The van der Waals surface area contributed by atoms with Crippen LogP contribution in [-0.4, -0.2) is 41.6 Å². The molecule has 1 aromatic heterocycles. The Morgan fingerprint density at radius 1 is 1.38 bits per heavy atom. The number of rotatable bonds is 7. The van der Waals surface area contributed by atoms with Crippen LogP contribution in [0.2, 0.25) is 0 Å². The van der Waals surface area contributed by atoms with Gasteiger partial charge in [0.2, 0.25) is 5.91 Å². The number of hydrogen-bond donors (Lipinski definition) is 2. The topological polar surface area (TPSA) is 79.4 Å². The fourth-order valence-electron chi connectivity index (χ4n) is 2.17. The smallest absolute Gasteiger partial charge is 0.433 e. The second kappa shape index (κ2) is 9.07. The summed E-state index contributed by atoms with van der Waals surface area (Å²) in [6.07, 6.45) is -3.92. The van der Waals surface area contributed by atoms with Crippen LogP contribution in [0.15, 0.2) is 28.0 Å². The highest BCUT2D eigenvalue weighted by Crippen LogP contribution is 2.29. The molecule has 0 unspecified atom stereocenters. The van der Waals surface area contributed by atoms with Crippen molar-refractivity contribution in [3.63, 3.8) is 0 Å². The number of carbonyl (C=O) groups is 1. The molecule has 0 aliphatic rings. The van der Waals surface area contributed by atoms with E-state index in [0.717, 1.165) is 37.1 Å². The lowest BCUT2D eigenvalue weighted by Crippen LogP contribution is -2.14. The van der Waals surface area contributed by atoms with Crippen molar-refractivity contribution >= 4 is 36.1 Å². The van der Waals surface area contributed by atoms with Gasteiger partial charge in [-0.25, -0.2) is 13.8 Å². The molecule has 29 heavy (non-hydrogen) atoms. The zero-order valence-electron chi connectivity index (χ0n) is 15.2. The molecule has 2 aromatic rings. The van der Waals surface area contributed by atoms with Gasteiger partial charge in [-0.1, -0.05) is 11.8 Å². The SMILES string of the molecule is C=N/C(=C\c1[nH]c(SCC(=O)Nc2cc(F)c(OC)c(F)c2)nc1C)C(F)(F)F. The van der Waals surface area contributed by atoms with E-state index in [0.29, 0.717) is 0 Å². The van der Waals surface area contributed by atoms with Crippen LogP contribution in [0.1, 0.15) is 11.4 Å². The number of ether oxygens (including phenoxy) is 1. The Morgan fingerprint density at radius 2 is 2.00 bits per heavy atom. The molecule has 0 bridgehead atoms. The number of imidazole rings is 1. The maximum absolute atomic E-state index is 13.6. The number of aromatic amines is 1. The second-order valence-electron chi connectivity index (χ2n) is 5.54. The fourth-order valence-corrected chi connectivity index (χ4v) is 2.89. The molecule has 0 saturated carbocycles. The van der Waals surface area contributed by atoms with Crippen LogP contribution in [-0.2, 0) is 4.79 Å². The van der Waals surface area contributed by atoms with Crippen molar-refractivity contribution in [2.24, 2.45) is 4.99 Å². The van der Waals surface area contributed by atoms with Crippen LogP contribution in [0.5, 0.6) is 5.75 Å². The number of nitrogens with zero attached hydrogens (tertiary/aromatic N) is 2. The number of benzene rings is 1. The first-order chi connectivity index (χ1) is 13.5. The van der Waals surface area contributed by atoms with Crippen molar-refractivity contribution in [3.05, 3.63) is 40.9 Å². The molecule has 0 radical (unpaired) electrons. The van der Waals surface area contributed by atoms with E-state index in [9.17, 15) is 26.7 Å². The Bertz CT molecular complexity index is 933. The maximum Gasteiger partial charge on any atom is 0.433 e. The average Bonchev–Trinajstić information content (AvgIpc) is 2.96. The highest BCUT2D eigenvalue weighted by molar-refractivity contribution is 7.99. The first-order valence-electron chi connectivity index (χ1n) is 7.83. The molecule has 0 saturated heterocycles. The van der Waals surface area contributed by atoms with E-state index < -0.39 is 35.2 Å². The van der Waals surface area contributed by atoms with Crippen LogP contribution >= 0.6 is 11.8 Å². The Kier molecular flexibility index (Phi) is 7.01. The summed E-state index contributed by atoms with van der Waals surface area (Å²) in [6.45, 7) is 4.37. The lowest BCUT2D eigenvalue weighted by Gasteiger charge is -2.08. The summed E-state index contributed by atoms with van der Waals surface area (Å²) >= 11 is 0.893. The largest absolute Gasteiger partial charge is 0.491 e. The van der Waals surface area contributed by atoms with Crippen LogP contribution in [0.3, 0.4) is 0 Å². The number of aromatic nitrogens is 2. The minimum Gasteiger partial charge on any atom is -0.491 e. The Hall–Kier alpha value is -2.89. The third-order valence-electron chi connectivity index (χ3n) is 3.47. The minimum atomic E-state index is -4.67. The van der Waals surface area contributed by atoms with Gasteiger partial charge in [0.15, 0.2) is 22.5 Å². The van der Waals surface area contributed by atoms with Crippen molar-refractivity contribution < 1.29 is 31.5 Å². The van der Waals surface area contributed by atoms with E-state index in [4.69, 9.17) is 0 Å². The normalized spacial score (nSPS) is 12.0. The third kappa shape index (κ3) is 5.79. The van der Waals surface area contributed by atoms with Gasteiger partial charge in [0.1, 0.15) is 5.70 Å². The summed E-state index contributed by atoms with van der Waals surface area (Å²) in [4.78, 5) is 21.6. The standard InChI is InChI=1S/C17H15F5N4O2S/c1-8-12(6-13(23-2)17(20,21)22)26-16(24-8)29-7-14(27)25-9-4-10(18)15(28-3)11(19)5-9/h4-6H,2,7H2,1,3H3,(H,24,26)(H,25,27)/b13-6-. The number of halogens is 5. The summed E-state index contributed by atoms with van der Waals surface area (Å²) in [6, 6.07) is 1.79. The number of methoxy groups -OCH3 is 1. The van der Waals surface area contributed by atoms with Gasteiger partial charge >= 0.3 is 6.18 Å². The fraction of sp³-hybridized carbons (Fsp3) is 0.235. The third-order valence-corrected chi connectivity index (χ3v) is 4.34. The van der Waals surface area contributed by atoms with Gasteiger partial charge in [0.05, 0.1) is 24.3 Å². The van der Waals surface area contributed by atoms with Crippen molar-refractivity contribution in [1.29, 1.82) is 0 Å². The number of aliphatic imine (C=N–C) groups is 1. The molecule has 156 valence electrons. The van der Waals surface area contributed by atoms with Crippen molar-refractivity contribution in [2.75, 3.05) is 18.2 Å². The summed E-state index contributed by atoms with van der Waals surface area (Å²) < 4.78 is 70.1. The van der Waals surface area contributed by atoms with Gasteiger partial charge in [-0.2, -0.15) is 13.2 Å². The maximum atomic E-state index is 13.6. The first-order valence-corrected chi connectivity index (χ1v) is 8.81. The van der Waals surface area contributed by atoms with Crippen LogP contribution in [0.4, 0.5) is 27.6 Å². The quantitative estimate of drug-likeness (QED) is 0.386. The predicted molar refractivity (Wildman–Crippen MR) is 99.2 cm³/mol. The van der Waals surface area contributed by atoms with E-state index in [-0.39, 0.29) is 28.0 Å². The first kappa shape index (κ1) is 22.4. The van der Waals surface area contributed by atoms with Crippen molar-refractivity contribution in [2.45, 2.75) is 18.3 Å². The van der Waals surface area contributed by atoms with Crippen molar-refractivity contribution in [3.8, 4) is 5.75 Å². The lowest BCUT2D eigenvalue weighted by atomic mass is 10.2. The van der Waals surface area contributed by atoms with Gasteiger partial charge in [0, 0.05) is 17.8 Å². The number of alkyl halides is 3. The molecule has 2 rings (SSSR count). The molecular weight excluding hydrogens is 419 g/mol. The number of aryl methyl sites for hydroxylation is 1. The molecule has 12 heteroatoms. The van der Waals surface area contributed by atoms with Crippen LogP contribution in [0.25, 0.3) is 6.08 Å². The monoisotopic (exact) mass is 434 g/mol. The van der Waals surface area contributed by atoms with E-state index in [1.54, 1.807) is 0 Å². The van der Waals surface area contributed by atoms with Gasteiger partial charge < -0.3 is 15.0 Å². The number of hydrogen-bond acceptors (Lipinski definition) is 5. The molecule has 0 fully saturated rings. The zero-order chi connectivity index (χ0) is 21.8. The Labute approximate surface area is 166 Å². The molecule has 1 aromatic carbocycles. The number of amides is 1. The van der Waals surface area contributed by atoms with Gasteiger partial charge in [-0.05, 0) is 19.7 Å². The lowest BCUT2D eigenvalue weighted by molar-refractivity contribution is -0.113. The van der Waals surface area contributed by atoms with Gasteiger partial charge in [-0.15, -0.1) is 0 Å². The molecule has 2 N–H and O–H groups in total. The average molecular weight is 434 g/mol. The minimum absolute atomic E-state index is 0.0620. The van der Waals surface area contributed by atoms with Crippen LogP contribution in [0, 0.1) is 18.6 Å². The van der Waals surface area contributed by atoms with E-state index >= 15 is 0 Å². The molecule has 6 nitrogen and oxygen atoms in total. The molecule has 1 amide bonds.